The predicted octanol–water partition coefficient (Wildman–Crippen LogP) is 3.75. The van der Waals surface area contributed by atoms with Crippen LogP contribution in [0.1, 0.15) is 25.3 Å². The maximum Gasteiger partial charge on any atom is 0.389 e. The third-order valence-electron chi connectivity index (χ3n) is 2.78. The first-order valence-electron chi connectivity index (χ1n) is 6.13. The van der Waals surface area contributed by atoms with Crippen LogP contribution in [0.4, 0.5) is 13.2 Å². The van der Waals surface area contributed by atoms with Crippen molar-refractivity contribution in [1.29, 1.82) is 0 Å². The average Bonchev–Trinajstić information content (AvgIpc) is 2.36. The van der Waals surface area contributed by atoms with E-state index >= 15 is 0 Å². The van der Waals surface area contributed by atoms with Crippen LogP contribution in [0.25, 0.3) is 0 Å². The van der Waals surface area contributed by atoms with Crippen molar-refractivity contribution in [3.8, 4) is 0 Å². The topological polar surface area (TPSA) is 26.3 Å². The molecular formula is C14H17F3O2. The summed E-state index contributed by atoms with van der Waals surface area (Å²) in [6.45, 7) is 1.53. The van der Waals surface area contributed by atoms with Crippen LogP contribution >= 0.6 is 0 Å². The van der Waals surface area contributed by atoms with Crippen LogP contribution in [-0.4, -0.2) is 18.6 Å². The fraction of sp³-hybridized carbons (Fsp3) is 0.500. The monoisotopic (exact) mass is 274 g/mol. The van der Waals surface area contributed by atoms with Crippen molar-refractivity contribution in [3.05, 3.63) is 35.9 Å². The molecule has 1 aromatic rings. The van der Waals surface area contributed by atoms with E-state index in [1.54, 1.807) is 6.92 Å². The van der Waals surface area contributed by atoms with Gasteiger partial charge in [0.25, 0.3) is 0 Å². The molecule has 19 heavy (non-hydrogen) atoms. The Morgan fingerprint density at radius 1 is 1.26 bits per heavy atom. The van der Waals surface area contributed by atoms with Gasteiger partial charge in [-0.05, 0) is 12.0 Å². The van der Waals surface area contributed by atoms with Crippen LogP contribution in [0.3, 0.4) is 0 Å². The number of rotatable bonds is 7. The number of halogens is 3. The van der Waals surface area contributed by atoms with Gasteiger partial charge in [0.15, 0.2) is 5.78 Å². The molecule has 0 bridgehead atoms. The molecule has 5 heteroatoms. The van der Waals surface area contributed by atoms with Crippen molar-refractivity contribution in [3.63, 3.8) is 0 Å². The van der Waals surface area contributed by atoms with Gasteiger partial charge in [-0.25, -0.2) is 0 Å². The van der Waals surface area contributed by atoms with E-state index in [2.05, 4.69) is 0 Å². The Morgan fingerprint density at radius 2 is 1.89 bits per heavy atom. The van der Waals surface area contributed by atoms with Gasteiger partial charge < -0.3 is 4.74 Å². The number of hydrogen-bond donors (Lipinski definition) is 0. The van der Waals surface area contributed by atoms with Gasteiger partial charge >= 0.3 is 6.18 Å². The molecule has 0 saturated carbocycles. The van der Waals surface area contributed by atoms with E-state index in [1.165, 1.54) is 0 Å². The summed E-state index contributed by atoms with van der Waals surface area (Å²) >= 11 is 0. The summed E-state index contributed by atoms with van der Waals surface area (Å²) in [6.07, 6.45) is -5.21. The first-order chi connectivity index (χ1) is 8.92. The third kappa shape index (κ3) is 6.38. The maximum atomic E-state index is 12.2. The molecule has 0 aliphatic heterocycles. The highest BCUT2D eigenvalue weighted by atomic mass is 19.4. The van der Waals surface area contributed by atoms with E-state index in [1.807, 2.05) is 30.3 Å². The molecule has 0 aromatic heterocycles. The predicted molar refractivity (Wildman–Crippen MR) is 65.6 cm³/mol. The minimum absolute atomic E-state index is 0.174. The smallest absolute Gasteiger partial charge is 0.369 e. The number of carbonyl (C=O) groups is 1. The van der Waals surface area contributed by atoms with Gasteiger partial charge in [0.1, 0.15) is 6.61 Å². The van der Waals surface area contributed by atoms with Gasteiger partial charge in [0.2, 0.25) is 0 Å². The van der Waals surface area contributed by atoms with Gasteiger partial charge in [-0.15, -0.1) is 0 Å². The van der Waals surface area contributed by atoms with Crippen LogP contribution < -0.4 is 0 Å². The Labute approximate surface area is 110 Å². The van der Waals surface area contributed by atoms with Gasteiger partial charge in [-0.3, -0.25) is 4.79 Å². The molecule has 0 amide bonds. The highest BCUT2D eigenvalue weighted by Gasteiger charge is 2.34. The number of ketones is 1. The molecule has 2 nitrogen and oxygen atoms in total. The quantitative estimate of drug-likeness (QED) is 0.757. The Bertz CT molecular complexity index is 387. The Kier molecular flexibility index (Phi) is 6.02. The highest BCUT2D eigenvalue weighted by Crippen LogP contribution is 2.27. The lowest BCUT2D eigenvalue weighted by molar-refractivity contribution is -0.155. The SMILES string of the molecule is CCC(CC(F)(F)F)C(=O)COCc1ccccc1. The summed E-state index contributed by atoms with van der Waals surface area (Å²) in [5.74, 6) is -1.49. The number of ether oxygens (including phenoxy) is 1. The number of Topliss-reactive ketones (excluding diaryl/α,β-unsaturated/α-hetero) is 1. The van der Waals surface area contributed by atoms with Crippen LogP contribution in [0.2, 0.25) is 0 Å². The third-order valence-corrected chi connectivity index (χ3v) is 2.78. The number of hydrogen-bond acceptors (Lipinski definition) is 2. The van der Waals surface area contributed by atoms with Gasteiger partial charge in [0, 0.05) is 5.92 Å². The lowest BCUT2D eigenvalue weighted by Gasteiger charge is -2.15. The van der Waals surface area contributed by atoms with E-state index in [9.17, 15) is 18.0 Å². The largest absolute Gasteiger partial charge is 0.389 e. The lowest BCUT2D eigenvalue weighted by atomic mass is 9.97. The molecule has 1 atom stereocenters. The Morgan fingerprint density at radius 3 is 2.42 bits per heavy atom. The molecule has 0 aliphatic carbocycles. The maximum absolute atomic E-state index is 12.2. The fourth-order valence-corrected chi connectivity index (χ4v) is 1.73. The zero-order valence-electron chi connectivity index (χ0n) is 10.7. The molecule has 0 aliphatic rings. The summed E-state index contributed by atoms with van der Waals surface area (Å²) in [5.41, 5.74) is 0.888. The van der Waals surface area contributed by atoms with Crippen LogP contribution in [0.15, 0.2) is 30.3 Å². The summed E-state index contributed by atoms with van der Waals surface area (Å²) in [7, 11) is 0. The van der Waals surface area contributed by atoms with E-state index in [4.69, 9.17) is 4.74 Å². The summed E-state index contributed by atoms with van der Waals surface area (Å²) in [4.78, 5) is 11.6. The zero-order valence-corrected chi connectivity index (χ0v) is 10.7. The molecule has 0 fully saturated rings. The van der Waals surface area contributed by atoms with Gasteiger partial charge in [-0.1, -0.05) is 37.3 Å². The normalized spacial score (nSPS) is 13.3. The van der Waals surface area contributed by atoms with Crippen molar-refractivity contribution in [1.82, 2.24) is 0 Å². The number of alkyl halides is 3. The molecule has 0 N–H and O–H groups in total. The number of carbonyl (C=O) groups excluding carboxylic acids is 1. The molecule has 0 spiro atoms. The molecule has 106 valence electrons. The van der Waals surface area contributed by atoms with Crippen LogP contribution in [0, 0.1) is 5.92 Å². The minimum Gasteiger partial charge on any atom is -0.369 e. The second kappa shape index (κ2) is 7.28. The van der Waals surface area contributed by atoms with Crippen molar-refractivity contribution in [2.24, 2.45) is 5.92 Å². The molecule has 1 rings (SSSR count). The van der Waals surface area contributed by atoms with Gasteiger partial charge in [-0.2, -0.15) is 13.2 Å². The van der Waals surface area contributed by atoms with E-state index in [-0.39, 0.29) is 19.6 Å². The molecule has 1 unspecified atom stereocenters. The number of benzene rings is 1. The molecular weight excluding hydrogens is 257 g/mol. The summed E-state index contributed by atoms with van der Waals surface area (Å²) < 4.78 is 41.9. The molecule has 0 saturated heterocycles. The Balaban J connectivity index is 2.37. The molecule has 0 radical (unpaired) electrons. The first kappa shape index (κ1) is 15.7. The van der Waals surface area contributed by atoms with Crippen LogP contribution in [0.5, 0.6) is 0 Å². The molecule has 0 heterocycles. The molecule has 1 aromatic carbocycles. The summed E-state index contributed by atoms with van der Waals surface area (Å²) in [5, 5.41) is 0. The van der Waals surface area contributed by atoms with Crippen molar-refractivity contribution in [2.45, 2.75) is 32.5 Å². The summed E-state index contributed by atoms with van der Waals surface area (Å²) in [6, 6.07) is 9.18. The van der Waals surface area contributed by atoms with Gasteiger partial charge in [0.05, 0.1) is 13.0 Å². The Hall–Kier alpha value is -1.36. The zero-order chi connectivity index (χ0) is 14.3. The van der Waals surface area contributed by atoms with Crippen molar-refractivity contribution < 1.29 is 22.7 Å². The standard InChI is InChI=1S/C14H17F3O2/c1-2-12(8-14(15,16)17)13(18)10-19-9-11-6-4-3-5-7-11/h3-7,12H,2,8-10H2,1H3. The van der Waals surface area contributed by atoms with E-state index in [0.717, 1.165) is 5.56 Å². The van der Waals surface area contributed by atoms with Crippen molar-refractivity contribution in [2.75, 3.05) is 6.61 Å². The van der Waals surface area contributed by atoms with Crippen molar-refractivity contribution >= 4 is 5.78 Å². The first-order valence-corrected chi connectivity index (χ1v) is 6.13. The lowest BCUT2D eigenvalue weighted by Crippen LogP contribution is -2.25. The fourth-order valence-electron chi connectivity index (χ4n) is 1.73. The minimum atomic E-state index is -4.31. The highest BCUT2D eigenvalue weighted by molar-refractivity contribution is 5.82. The van der Waals surface area contributed by atoms with Crippen LogP contribution in [-0.2, 0) is 16.1 Å². The van der Waals surface area contributed by atoms with E-state index in [0.29, 0.717) is 0 Å². The van der Waals surface area contributed by atoms with E-state index < -0.39 is 24.3 Å². The second-order valence-corrected chi connectivity index (χ2v) is 4.37. The second-order valence-electron chi connectivity index (χ2n) is 4.37. The average molecular weight is 274 g/mol.